The second-order valence-corrected chi connectivity index (χ2v) is 6.80. The van der Waals surface area contributed by atoms with Gasteiger partial charge in [-0.1, -0.05) is 41.4 Å². The van der Waals surface area contributed by atoms with Crippen LogP contribution >= 0.6 is 39.1 Å². The van der Waals surface area contributed by atoms with Crippen LogP contribution in [0.15, 0.2) is 46.9 Å². The number of nitrogens with one attached hydrogen (secondary N) is 1. The maximum absolute atomic E-state index is 6.10. The third-order valence-electron chi connectivity index (χ3n) is 3.77. The van der Waals surface area contributed by atoms with Crippen LogP contribution in [0.3, 0.4) is 0 Å². The molecule has 3 rings (SSSR count). The Morgan fingerprint density at radius 3 is 2.55 bits per heavy atom. The minimum Gasteiger partial charge on any atom is -0.381 e. The van der Waals surface area contributed by atoms with Crippen molar-refractivity contribution in [2.75, 3.05) is 5.32 Å². The Balaban J connectivity index is 1.62. The van der Waals surface area contributed by atoms with Crippen molar-refractivity contribution in [2.24, 2.45) is 0 Å². The molecule has 2 aromatic rings. The fourth-order valence-electron chi connectivity index (χ4n) is 2.60. The summed E-state index contributed by atoms with van der Waals surface area (Å²) in [6.45, 7) is 0. The maximum atomic E-state index is 6.10. The summed E-state index contributed by atoms with van der Waals surface area (Å²) in [5, 5.41) is 5.09. The van der Waals surface area contributed by atoms with E-state index in [2.05, 4.69) is 33.4 Å². The Morgan fingerprint density at radius 1 is 1.05 bits per heavy atom. The van der Waals surface area contributed by atoms with Crippen molar-refractivity contribution in [3.63, 3.8) is 0 Å². The van der Waals surface area contributed by atoms with Crippen LogP contribution < -0.4 is 5.32 Å². The van der Waals surface area contributed by atoms with Gasteiger partial charge in [-0.3, -0.25) is 0 Å². The summed E-state index contributed by atoms with van der Waals surface area (Å²) < 4.78 is 0.938. The van der Waals surface area contributed by atoms with E-state index in [4.69, 9.17) is 23.2 Å². The summed E-state index contributed by atoms with van der Waals surface area (Å²) in [4.78, 5) is 0. The van der Waals surface area contributed by atoms with Crippen molar-refractivity contribution in [3.05, 3.63) is 62.5 Å². The second kappa shape index (κ2) is 5.97. The molecule has 1 aliphatic carbocycles. The van der Waals surface area contributed by atoms with Gasteiger partial charge < -0.3 is 5.32 Å². The van der Waals surface area contributed by atoms with E-state index in [0.717, 1.165) is 33.0 Å². The molecule has 0 spiro atoms. The van der Waals surface area contributed by atoms with Crippen LogP contribution in [-0.4, -0.2) is 6.04 Å². The first-order valence-corrected chi connectivity index (χ1v) is 8.14. The van der Waals surface area contributed by atoms with Crippen molar-refractivity contribution < 1.29 is 0 Å². The molecule has 1 nitrogen and oxygen atoms in total. The number of rotatable bonds is 3. The minimum absolute atomic E-state index is 0.494. The van der Waals surface area contributed by atoms with E-state index in [1.165, 1.54) is 5.56 Å². The van der Waals surface area contributed by atoms with Gasteiger partial charge in [0, 0.05) is 11.1 Å². The van der Waals surface area contributed by atoms with Crippen molar-refractivity contribution in [1.82, 2.24) is 0 Å². The third kappa shape index (κ3) is 2.98. The van der Waals surface area contributed by atoms with E-state index in [0.29, 0.717) is 12.0 Å². The van der Waals surface area contributed by atoms with Gasteiger partial charge >= 0.3 is 0 Å². The lowest BCUT2D eigenvalue weighted by Gasteiger charge is -2.37. The lowest BCUT2D eigenvalue weighted by atomic mass is 9.76. The number of halogens is 3. The number of benzene rings is 2. The normalized spacial score (nSPS) is 21.4. The highest BCUT2D eigenvalue weighted by Crippen LogP contribution is 2.40. The van der Waals surface area contributed by atoms with Crippen LogP contribution in [0.1, 0.15) is 24.3 Å². The van der Waals surface area contributed by atoms with E-state index in [-0.39, 0.29) is 0 Å². The molecule has 4 heteroatoms. The highest BCUT2D eigenvalue weighted by Gasteiger charge is 2.30. The largest absolute Gasteiger partial charge is 0.381 e. The molecular weight excluding hydrogens is 357 g/mol. The van der Waals surface area contributed by atoms with Gasteiger partial charge in [0.1, 0.15) is 0 Å². The van der Waals surface area contributed by atoms with Crippen molar-refractivity contribution in [2.45, 2.75) is 24.8 Å². The zero-order chi connectivity index (χ0) is 14.1. The molecule has 0 amide bonds. The Bertz CT molecular complexity index is 624. The smallest absolute Gasteiger partial charge is 0.0593 e. The molecule has 0 heterocycles. The molecule has 1 fully saturated rings. The van der Waals surface area contributed by atoms with Crippen LogP contribution in [0.4, 0.5) is 5.69 Å². The average molecular weight is 371 g/mol. The maximum Gasteiger partial charge on any atom is 0.0593 e. The van der Waals surface area contributed by atoms with E-state index < -0.39 is 0 Å². The van der Waals surface area contributed by atoms with Crippen LogP contribution in [0.5, 0.6) is 0 Å². The molecular formula is C16H14BrCl2N. The van der Waals surface area contributed by atoms with Crippen LogP contribution in [-0.2, 0) is 0 Å². The van der Waals surface area contributed by atoms with Gasteiger partial charge in [0.05, 0.1) is 15.2 Å². The molecule has 20 heavy (non-hydrogen) atoms. The average Bonchev–Trinajstić information content (AvgIpc) is 2.38. The number of anilines is 1. The van der Waals surface area contributed by atoms with Gasteiger partial charge in [-0.15, -0.1) is 0 Å². The monoisotopic (exact) mass is 369 g/mol. The third-order valence-corrected chi connectivity index (χ3v) is 5.40. The molecule has 2 aromatic carbocycles. The van der Waals surface area contributed by atoms with E-state index in [1.807, 2.05) is 30.3 Å². The molecule has 0 aliphatic heterocycles. The summed E-state index contributed by atoms with van der Waals surface area (Å²) in [5.41, 5.74) is 2.40. The Hall–Kier alpha value is -0.700. The summed E-state index contributed by atoms with van der Waals surface area (Å²) in [5.74, 6) is 0.601. The fraction of sp³-hybridized carbons (Fsp3) is 0.250. The molecule has 0 bridgehead atoms. The first kappa shape index (κ1) is 14.2. The molecule has 0 unspecified atom stereocenters. The highest BCUT2D eigenvalue weighted by atomic mass is 79.9. The number of hydrogen-bond donors (Lipinski definition) is 1. The van der Waals surface area contributed by atoms with Gasteiger partial charge in [0.25, 0.3) is 0 Å². The van der Waals surface area contributed by atoms with Gasteiger partial charge in [-0.25, -0.2) is 0 Å². The van der Waals surface area contributed by atoms with Gasteiger partial charge in [-0.2, -0.15) is 0 Å². The van der Waals surface area contributed by atoms with E-state index in [9.17, 15) is 0 Å². The van der Waals surface area contributed by atoms with Crippen molar-refractivity contribution >= 4 is 44.8 Å². The Morgan fingerprint density at radius 2 is 1.80 bits per heavy atom. The van der Waals surface area contributed by atoms with Crippen LogP contribution in [0.2, 0.25) is 10.0 Å². The lowest BCUT2D eigenvalue weighted by molar-refractivity contribution is 0.374. The first-order chi connectivity index (χ1) is 9.63. The molecule has 1 aliphatic rings. The number of hydrogen-bond acceptors (Lipinski definition) is 1. The predicted molar refractivity (Wildman–Crippen MR) is 90.0 cm³/mol. The summed E-state index contributed by atoms with van der Waals surface area (Å²) in [7, 11) is 0. The highest BCUT2D eigenvalue weighted by molar-refractivity contribution is 9.10. The molecule has 0 radical (unpaired) electrons. The zero-order valence-electron chi connectivity index (χ0n) is 10.7. The SMILES string of the molecule is Clc1cccc(C2CC(Nc3cccc(Cl)c3Br)C2)c1. The van der Waals surface area contributed by atoms with Gasteiger partial charge in [0.2, 0.25) is 0 Å². The quantitative estimate of drug-likeness (QED) is 0.686. The first-order valence-electron chi connectivity index (χ1n) is 6.59. The zero-order valence-corrected chi connectivity index (χ0v) is 13.8. The predicted octanol–water partition coefficient (Wildman–Crippen LogP) is 6.11. The summed E-state index contributed by atoms with van der Waals surface area (Å²) >= 11 is 15.7. The van der Waals surface area contributed by atoms with Crippen LogP contribution in [0, 0.1) is 0 Å². The van der Waals surface area contributed by atoms with E-state index >= 15 is 0 Å². The summed E-state index contributed by atoms with van der Waals surface area (Å²) in [6, 6.07) is 14.5. The van der Waals surface area contributed by atoms with Crippen LogP contribution in [0.25, 0.3) is 0 Å². The standard InChI is InChI=1S/C16H14BrCl2N/c17-16-14(19)5-2-6-15(16)20-13-8-11(9-13)10-3-1-4-12(18)7-10/h1-7,11,13,20H,8-9H2. The molecule has 1 saturated carbocycles. The molecule has 0 aromatic heterocycles. The van der Waals surface area contributed by atoms with Crippen molar-refractivity contribution in [3.8, 4) is 0 Å². The minimum atomic E-state index is 0.494. The Kier molecular flexibility index (Phi) is 4.25. The van der Waals surface area contributed by atoms with Gasteiger partial charge in [0.15, 0.2) is 0 Å². The molecule has 104 valence electrons. The van der Waals surface area contributed by atoms with Crippen molar-refractivity contribution in [1.29, 1.82) is 0 Å². The Labute approximate surface area is 137 Å². The molecule has 1 N–H and O–H groups in total. The topological polar surface area (TPSA) is 12.0 Å². The van der Waals surface area contributed by atoms with E-state index in [1.54, 1.807) is 0 Å². The summed E-state index contributed by atoms with van der Waals surface area (Å²) in [6.07, 6.45) is 2.25. The fourth-order valence-corrected chi connectivity index (χ4v) is 3.36. The lowest BCUT2D eigenvalue weighted by Crippen LogP contribution is -2.34. The van der Waals surface area contributed by atoms with Gasteiger partial charge in [-0.05, 0) is 64.5 Å². The molecule has 0 atom stereocenters. The second-order valence-electron chi connectivity index (χ2n) is 5.17. The molecule has 0 saturated heterocycles.